The van der Waals surface area contributed by atoms with Crippen LogP contribution in [-0.4, -0.2) is 11.1 Å². The fraction of sp³-hybridized carbons (Fsp3) is 0.950. The molecule has 4 aliphatic carbocycles. The van der Waals surface area contributed by atoms with E-state index in [1.807, 2.05) is 0 Å². The normalized spacial score (nSPS) is 54.2. The SMILES string of the molecule is C[C@@]12CCC[C@H]1[C@@H]1CCC3CC(C(=O)O)CC[C@]3(C)[C@H]1CC2. The van der Waals surface area contributed by atoms with Crippen molar-refractivity contribution in [2.24, 2.45) is 40.4 Å². The Morgan fingerprint density at radius 3 is 2.55 bits per heavy atom. The third-order valence-corrected chi connectivity index (χ3v) is 8.80. The maximum Gasteiger partial charge on any atom is 0.306 e. The number of fused-ring (bicyclic) bond motifs is 5. The standard InChI is InChI=1S/C20H32O2/c1-19-9-3-4-16(19)15-6-5-14-12-13(18(21)22)7-11-20(14,2)17(15)8-10-19/h13-17H,3-12H2,1-2H3,(H,21,22)/t13?,14?,15-,16-,17-,19-,20-/m0/s1. The number of carboxylic acid groups (broad SMARTS) is 1. The first-order valence-corrected chi connectivity index (χ1v) is 9.67. The van der Waals surface area contributed by atoms with E-state index in [9.17, 15) is 9.90 Å². The molecule has 7 atom stereocenters. The van der Waals surface area contributed by atoms with Crippen molar-refractivity contribution in [3.05, 3.63) is 0 Å². The van der Waals surface area contributed by atoms with Gasteiger partial charge in [0.1, 0.15) is 0 Å². The molecular formula is C20H32O2. The van der Waals surface area contributed by atoms with Gasteiger partial charge in [-0.1, -0.05) is 20.3 Å². The zero-order chi connectivity index (χ0) is 15.5. The van der Waals surface area contributed by atoms with Crippen LogP contribution in [0.25, 0.3) is 0 Å². The lowest BCUT2D eigenvalue weighted by atomic mass is 9.45. The van der Waals surface area contributed by atoms with Crippen molar-refractivity contribution >= 4 is 5.97 Å². The number of rotatable bonds is 1. The maximum atomic E-state index is 11.4. The van der Waals surface area contributed by atoms with Crippen LogP contribution in [0.2, 0.25) is 0 Å². The largest absolute Gasteiger partial charge is 0.481 e. The van der Waals surface area contributed by atoms with E-state index in [0.29, 0.717) is 16.7 Å². The topological polar surface area (TPSA) is 37.3 Å². The summed E-state index contributed by atoms with van der Waals surface area (Å²) in [5.74, 6) is 2.88. The highest BCUT2D eigenvalue weighted by atomic mass is 16.4. The van der Waals surface area contributed by atoms with Gasteiger partial charge >= 0.3 is 5.97 Å². The predicted octanol–water partition coefficient (Wildman–Crippen LogP) is 5.12. The molecule has 2 nitrogen and oxygen atoms in total. The fourth-order valence-electron chi connectivity index (χ4n) is 7.48. The smallest absolute Gasteiger partial charge is 0.306 e. The first-order valence-electron chi connectivity index (χ1n) is 9.67. The summed E-state index contributed by atoms with van der Waals surface area (Å²) >= 11 is 0. The third-order valence-electron chi connectivity index (χ3n) is 8.80. The van der Waals surface area contributed by atoms with Gasteiger partial charge in [0.15, 0.2) is 0 Å². The summed E-state index contributed by atoms with van der Waals surface area (Å²) in [5.41, 5.74) is 1.08. The second kappa shape index (κ2) is 4.98. The second-order valence-corrected chi connectivity index (χ2v) is 9.55. The molecule has 4 saturated carbocycles. The van der Waals surface area contributed by atoms with E-state index in [1.165, 1.54) is 51.4 Å². The van der Waals surface area contributed by atoms with Crippen molar-refractivity contribution in [1.82, 2.24) is 0 Å². The Balaban J connectivity index is 1.58. The Morgan fingerprint density at radius 1 is 0.955 bits per heavy atom. The number of carboxylic acids is 1. The minimum Gasteiger partial charge on any atom is -0.481 e. The summed E-state index contributed by atoms with van der Waals surface area (Å²) < 4.78 is 0. The molecule has 0 aromatic heterocycles. The van der Waals surface area contributed by atoms with E-state index >= 15 is 0 Å². The van der Waals surface area contributed by atoms with Crippen molar-refractivity contribution in [3.8, 4) is 0 Å². The summed E-state index contributed by atoms with van der Waals surface area (Å²) in [6.07, 6.45) is 13.0. The summed E-state index contributed by atoms with van der Waals surface area (Å²) in [7, 11) is 0. The molecule has 1 N–H and O–H groups in total. The van der Waals surface area contributed by atoms with Gasteiger partial charge in [0, 0.05) is 0 Å². The van der Waals surface area contributed by atoms with Gasteiger partial charge in [0.05, 0.1) is 5.92 Å². The van der Waals surface area contributed by atoms with E-state index in [2.05, 4.69) is 13.8 Å². The molecule has 0 saturated heterocycles. The number of hydrogen-bond acceptors (Lipinski definition) is 1. The van der Waals surface area contributed by atoms with Crippen LogP contribution in [0.4, 0.5) is 0 Å². The number of carbonyl (C=O) groups is 1. The molecule has 0 bridgehead atoms. The molecule has 0 spiro atoms. The first-order chi connectivity index (χ1) is 10.4. The lowest BCUT2D eigenvalue weighted by Gasteiger charge is -2.60. The van der Waals surface area contributed by atoms with Crippen LogP contribution in [0, 0.1) is 40.4 Å². The number of aliphatic carboxylic acids is 1. The summed E-state index contributed by atoms with van der Waals surface area (Å²) in [6.45, 7) is 5.10. The van der Waals surface area contributed by atoms with Gasteiger partial charge in [-0.25, -0.2) is 0 Å². The van der Waals surface area contributed by atoms with Crippen LogP contribution in [0.5, 0.6) is 0 Å². The van der Waals surface area contributed by atoms with Crippen LogP contribution >= 0.6 is 0 Å². The van der Waals surface area contributed by atoms with E-state index in [4.69, 9.17) is 0 Å². The Kier molecular flexibility index (Phi) is 3.40. The fourth-order valence-corrected chi connectivity index (χ4v) is 7.48. The molecule has 0 aromatic carbocycles. The lowest BCUT2D eigenvalue weighted by molar-refractivity contribution is -0.151. The predicted molar refractivity (Wildman–Crippen MR) is 87.5 cm³/mol. The summed E-state index contributed by atoms with van der Waals surface area (Å²) in [6, 6.07) is 0. The highest BCUT2D eigenvalue weighted by molar-refractivity contribution is 5.70. The van der Waals surface area contributed by atoms with Gasteiger partial charge in [0.2, 0.25) is 0 Å². The van der Waals surface area contributed by atoms with Crippen LogP contribution in [0.15, 0.2) is 0 Å². The van der Waals surface area contributed by atoms with Crippen LogP contribution in [0.1, 0.15) is 78.1 Å². The van der Waals surface area contributed by atoms with Crippen molar-refractivity contribution in [2.75, 3.05) is 0 Å². The van der Waals surface area contributed by atoms with Crippen molar-refractivity contribution < 1.29 is 9.90 Å². The Bertz CT molecular complexity index is 472. The highest BCUT2D eigenvalue weighted by Gasteiger charge is 2.58. The molecule has 124 valence electrons. The maximum absolute atomic E-state index is 11.4. The molecule has 22 heavy (non-hydrogen) atoms. The first kappa shape index (κ1) is 15.0. The van der Waals surface area contributed by atoms with Crippen LogP contribution in [-0.2, 0) is 4.79 Å². The van der Waals surface area contributed by atoms with Crippen molar-refractivity contribution in [3.63, 3.8) is 0 Å². The molecule has 0 amide bonds. The molecule has 0 radical (unpaired) electrons. The zero-order valence-corrected chi connectivity index (χ0v) is 14.3. The zero-order valence-electron chi connectivity index (χ0n) is 14.3. The Morgan fingerprint density at radius 2 is 1.77 bits per heavy atom. The molecule has 4 fully saturated rings. The monoisotopic (exact) mass is 304 g/mol. The van der Waals surface area contributed by atoms with E-state index in [0.717, 1.165) is 30.6 Å². The Labute approximate surface area is 135 Å². The van der Waals surface area contributed by atoms with Gasteiger partial charge in [-0.05, 0) is 92.3 Å². The Hall–Kier alpha value is -0.530. The molecule has 2 unspecified atom stereocenters. The van der Waals surface area contributed by atoms with E-state index < -0.39 is 5.97 Å². The molecule has 0 aliphatic heterocycles. The van der Waals surface area contributed by atoms with Gasteiger partial charge in [0.25, 0.3) is 0 Å². The average Bonchev–Trinajstić information content (AvgIpc) is 2.88. The minimum absolute atomic E-state index is 0.0602. The van der Waals surface area contributed by atoms with E-state index in [-0.39, 0.29) is 5.92 Å². The highest BCUT2D eigenvalue weighted by Crippen LogP contribution is 2.66. The molecule has 4 aliphatic rings. The van der Waals surface area contributed by atoms with Crippen molar-refractivity contribution in [2.45, 2.75) is 78.1 Å². The van der Waals surface area contributed by atoms with Gasteiger partial charge in [-0.3, -0.25) is 4.79 Å². The van der Waals surface area contributed by atoms with Gasteiger partial charge in [-0.15, -0.1) is 0 Å². The van der Waals surface area contributed by atoms with Gasteiger partial charge < -0.3 is 5.11 Å². The molecule has 0 heterocycles. The van der Waals surface area contributed by atoms with Crippen LogP contribution < -0.4 is 0 Å². The van der Waals surface area contributed by atoms with E-state index in [1.54, 1.807) is 0 Å². The molecule has 0 aromatic rings. The molecule has 4 rings (SSSR count). The lowest BCUT2D eigenvalue weighted by Crippen LogP contribution is -2.53. The summed E-state index contributed by atoms with van der Waals surface area (Å²) in [5, 5.41) is 9.40. The summed E-state index contributed by atoms with van der Waals surface area (Å²) in [4.78, 5) is 11.4. The third kappa shape index (κ3) is 2.01. The minimum atomic E-state index is -0.545. The average molecular weight is 304 g/mol. The molecular weight excluding hydrogens is 272 g/mol. The quantitative estimate of drug-likeness (QED) is 0.730. The van der Waals surface area contributed by atoms with Crippen LogP contribution in [0.3, 0.4) is 0 Å². The number of hydrogen-bond donors (Lipinski definition) is 1. The second-order valence-electron chi connectivity index (χ2n) is 9.55. The van der Waals surface area contributed by atoms with Gasteiger partial charge in [-0.2, -0.15) is 0 Å². The molecule has 2 heteroatoms. The van der Waals surface area contributed by atoms with Crippen molar-refractivity contribution in [1.29, 1.82) is 0 Å².